The second kappa shape index (κ2) is 6.56. The summed E-state index contributed by atoms with van der Waals surface area (Å²) in [6.45, 7) is 0.632. The number of rotatable bonds is 4. The van der Waals surface area contributed by atoms with Gasteiger partial charge in [-0.15, -0.1) is 0 Å². The molecule has 4 nitrogen and oxygen atoms in total. The number of aromatic nitrogens is 1. The molecule has 4 heteroatoms. The van der Waals surface area contributed by atoms with Gasteiger partial charge in [-0.3, -0.25) is 9.78 Å². The second-order valence-corrected chi connectivity index (χ2v) is 6.43. The monoisotopic (exact) mass is 287 g/mol. The Morgan fingerprint density at radius 1 is 1.19 bits per heavy atom. The average Bonchev–Trinajstić information content (AvgIpc) is 3.33. The largest absolute Gasteiger partial charge is 0.334 e. The van der Waals surface area contributed by atoms with Gasteiger partial charge in [-0.25, -0.2) is 0 Å². The van der Waals surface area contributed by atoms with Crippen LogP contribution < -0.4 is 5.73 Å². The molecule has 1 heterocycles. The number of carbonyl (C=O) groups excluding carboxylic acids is 1. The van der Waals surface area contributed by atoms with Crippen LogP contribution in [0.3, 0.4) is 0 Å². The number of nitrogens with two attached hydrogens (primary N) is 1. The van der Waals surface area contributed by atoms with Crippen LogP contribution in [0.2, 0.25) is 0 Å². The molecule has 2 aliphatic carbocycles. The summed E-state index contributed by atoms with van der Waals surface area (Å²) in [6.07, 6.45) is 9.48. The van der Waals surface area contributed by atoms with Gasteiger partial charge in [-0.1, -0.05) is 25.3 Å². The predicted octanol–water partition coefficient (Wildman–Crippen LogP) is 2.48. The Kier molecular flexibility index (Phi) is 4.54. The molecule has 0 bridgehead atoms. The normalized spacial score (nSPS) is 26.1. The van der Waals surface area contributed by atoms with E-state index in [1.165, 1.54) is 6.42 Å². The van der Waals surface area contributed by atoms with Crippen LogP contribution in [0.1, 0.15) is 50.6 Å². The molecule has 2 saturated carbocycles. The van der Waals surface area contributed by atoms with Gasteiger partial charge < -0.3 is 10.6 Å². The van der Waals surface area contributed by atoms with Gasteiger partial charge in [0, 0.05) is 18.3 Å². The molecule has 1 amide bonds. The van der Waals surface area contributed by atoms with E-state index in [1.54, 1.807) is 6.20 Å². The summed E-state index contributed by atoms with van der Waals surface area (Å²) in [5, 5.41) is 0. The number of hydrogen-bond donors (Lipinski definition) is 1. The Hall–Kier alpha value is -1.42. The molecule has 2 unspecified atom stereocenters. The van der Waals surface area contributed by atoms with E-state index < -0.39 is 0 Å². The third-order valence-electron chi connectivity index (χ3n) is 4.72. The van der Waals surface area contributed by atoms with Crippen molar-refractivity contribution in [1.29, 1.82) is 0 Å². The molecule has 2 fully saturated rings. The molecule has 2 atom stereocenters. The van der Waals surface area contributed by atoms with Crippen LogP contribution in [-0.2, 0) is 11.3 Å². The third-order valence-corrected chi connectivity index (χ3v) is 4.72. The van der Waals surface area contributed by atoms with Gasteiger partial charge in [-0.2, -0.15) is 0 Å². The molecule has 3 rings (SSSR count). The maximum Gasteiger partial charge on any atom is 0.227 e. The van der Waals surface area contributed by atoms with Crippen LogP contribution in [0.25, 0.3) is 0 Å². The summed E-state index contributed by atoms with van der Waals surface area (Å²) in [5.74, 6) is 0.273. The van der Waals surface area contributed by atoms with Gasteiger partial charge in [0.15, 0.2) is 0 Å². The zero-order valence-electron chi connectivity index (χ0n) is 12.6. The van der Waals surface area contributed by atoms with Crippen LogP contribution in [0.5, 0.6) is 0 Å². The van der Waals surface area contributed by atoms with Gasteiger partial charge in [-0.05, 0) is 37.8 Å². The third kappa shape index (κ3) is 3.62. The van der Waals surface area contributed by atoms with E-state index >= 15 is 0 Å². The molecule has 0 aliphatic heterocycles. The van der Waals surface area contributed by atoms with Crippen molar-refractivity contribution in [3.8, 4) is 0 Å². The van der Waals surface area contributed by atoms with Gasteiger partial charge >= 0.3 is 0 Å². The van der Waals surface area contributed by atoms with Crippen LogP contribution in [0, 0.1) is 5.92 Å². The summed E-state index contributed by atoms with van der Waals surface area (Å²) in [7, 11) is 0. The summed E-state index contributed by atoms with van der Waals surface area (Å²) < 4.78 is 0. The minimum Gasteiger partial charge on any atom is -0.334 e. The Morgan fingerprint density at radius 2 is 2.00 bits per heavy atom. The summed E-state index contributed by atoms with van der Waals surface area (Å²) in [6, 6.07) is 6.33. The van der Waals surface area contributed by atoms with Crippen LogP contribution in [0.15, 0.2) is 24.4 Å². The average molecular weight is 287 g/mol. The molecule has 0 spiro atoms. The zero-order chi connectivity index (χ0) is 14.7. The van der Waals surface area contributed by atoms with E-state index in [0.717, 1.165) is 44.2 Å². The first-order chi connectivity index (χ1) is 10.3. The highest BCUT2D eigenvalue weighted by molar-refractivity contribution is 5.80. The molecule has 21 heavy (non-hydrogen) atoms. The van der Waals surface area contributed by atoms with E-state index in [0.29, 0.717) is 12.6 Å². The summed E-state index contributed by atoms with van der Waals surface area (Å²) in [4.78, 5) is 19.4. The lowest BCUT2D eigenvalue weighted by Crippen LogP contribution is -2.44. The number of amides is 1. The molecule has 1 aromatic rings. The molecule has 0 saturated heterocycles. The first kappa shape index (κ1) is 14.5. The molecule has 0 radical (unpaired) electrons. The summed E-state index contributed by atoms with van der Waals surface area (Å²) in [5.41, 5.74) is 7.24. The Bertz CT molecular complexity index is 472. The smallest absolute Gasteiger partial charge is 0.227 e. The van der Waals surface area contributed by atoms with Crippen molar-refractivity contribution in [2.45, 2.75) is 63.6 Å². The quantitative estimate of drug-likeness (QED) is 0.866. The number of nitrogens with zero attached hydrogens (tertiary/aromatic N) is 2. The molecule has 1 aromatic heterocycles. The van der Waals surface area contributed by atoms with Gasteiger partial charge in [0.2, 0.25) is 5.91 Å². The fourth-order valence-corrected chi connectivity index (χ4v) is 3.30. The van der Waals surface area contributed by atoms with Crippen molar-refractivity contribution in [1.82, 2.24) is 9.88 Å². The maximum absolute atomic E-state index is 13.0. The SMILES string of the molecule is NC1CCCCCC1C(=O)N(Cc1ccccn1)C1CC1. The lowest BCUT2D eigenvalue weighted by Gasteiger charge is -2.29. The number of pyridine rings is 1. The maximum atomic E-state index is 13.0. The molecule has 2 N–H and O–H groups in total. The van der Waals surface area contributed by atoms with Crippen molar-refractivity contribution in [2.75, 3.05) is 0 Å². The second-order valence-electron chi connectivity index (χ2n) is 6.43. The van der Waals surface area contributed by atoms with Crippen LogP contribution >= 0.6 is 0 Å². The van der Waals surface area contributed by atoms with Crippen molar-refractivity contribution in [3.05, 3.63) is 30.1 Å². The topological polar surface area (TPSA) is 59.2 Å². The highest BCUT2D eigenvalue weighted by Gasteiger charge is 2.38. The number of hydrogen-bond acceptors (Lipinski definition) is 3. The van der Waals surface area contributed by atoms with Gasteiger partial charge in [0.1, 0.15) is 0 Å². The van der Waals surface area contributed by atoms with E-state index in [4.69, 9.17) is 5.73 Å². The first-order valence-corrected chi connectivity index (χ1v) is 8.21. The number of carbonyl (C=O) groups is 1. The van der Waals surface area contributed by atoms with E-state index in [9.17, 15) is 4.79 Å². The first-order valence-electron chi connectivity index (χ1n) is 8.21. The standard InChI is InChI=1S/C17H25N3O/c18-16-8-3-1-2-7-15(16)17(21)20(14-9-10-14)12-13-6-4-5-11-19-13/h4-6,11,14-16H,1-3,7-10,12,18H2. The predicted molar refractivity (Wildman–Crippen MR) is 82.4 cm³/mol. The van der Waals surface area contributed by atoms with Gasteiger partial charge in [0.25, 0.3) is 0 Å². The van der Waals surface area contributed by atoms with E-state index in [-0.39, 0.29) is 17.9 Å². The van der Waals surface area contributed by atoms with Crippen LogP contribution in [0.4, 0.5) is 0 Å². The van der Waals surface area contributed by atoms with Crippen LogP contribution in [-0.4, -0.2) is 27.9 Å². The zero-order valence-corrected chi connectivity index (χ0v) is 12.6. The van der Waals surface area contributed by atoms with Crippen molar-refractivity contribution in [2.24, 2.45) is 11.7 Å². The lowest BCUT2D eigenvalue weighted by atomic mass is 9.93. The highest BCUT2D eigenvalue weighted by atomic mass is 16.2. The summed E-state index contributed by atoms with van der Waals surface area (Å²) >= 11 is 0. The highest BCUT2D eigenvalue weighted by Crippen LogP contribution is 2.32. The van der Waals surface area contributed by atoms with Crippen molar-refractivity contribution in [3.63, 3.8) is 0 Å². The Morgan fingerprint density at radius 3 is 2.71 bits per heavy atom. The van der Waals surface area contributed by atoms with E-state index in [1.807, 2.05) is 23.1 Å². The van der Waals surface area contributed by atoms with E-state index in [2.05, 4.69) is 4.98 Å². The van der Waals surface area contributed by atoms with Crippen molar-refractivity contribution >= 4 is 5.91 Å². The van der Waals surface area contributed by atoms with Gasteiger partial charge in [0.05, 0.1) is 18.2 Å². The molecule has 0 aromatic carbocycles. The molecule has 114 valence electrons. The fraction of sp³-hybridized carbons (Fsp3) is 0.647. The Balaban J connectivity index is 1.72. The molecular weight excluding hydrogens is 262 g/mol. The molecule has 2 aliphatic rings. The minimum atomic E-state index is 0.0109. The van der Waals surface area contributed by atoms with Crippen molar-refractivity contribution < 1.29 is 4.79 Å². The minimum absolute atomic E-state index is 0.0109. The molecular formula is C17H25N3O. The Labute approximate surface area is 126 Å². The fourth-order valence-electron chi connectivity index (χ4n) is 3.30. The lowest BCUT2D eigenvalue weighted by molar-refractivity contribution is -0.137.